The average molecular weight is 300 g/mol. The molecule has 0 amide bonds. The molecule has 2 heterocycles. The summed E-state index contributed by atoms with van der Waals surface area (Å²) in [5.74, 6) is -0.320. The molecule has 0 radical (unpaired) electrons. The molecule has 0 fully saturated rings. The summed E-state index contributed by atoms with van der Waals surface area (Å²) < 4.78 is 10.4. The molecule has 1 aliphatic heterocycles. The van der Waals surface area contributed by atoms with Crippen molar-refractivity contribution in [2.24, 2.45) is 4.99 Å². The van der Waals surface area contributed by atoms with E-state index >= 15 is 0 Å². The van der Waals surface area contributed by atoms with Crippen LogP contribution in [0.3, 0.4) is 0 Å². The van der Waals surface area contributed by atoms with Crippen LogP contribution >= 0.6 is 0 Å². The summed E-state index contributed by atoms with van der Waals surface area (Å²) in [6.45, 7) is 1.88. The molecule has 1 atom stereocenters. The number of nitrogens with zero attached hydrogens (tertiary/aromatic N) is 2. The molecule has 6 nitrogen and oxygen atoms in total. The molecule has 0 aliphatic carbocycles. The molecular formula is C16H16N2O4. The number of benzene rings is 1. The Hall–Kier alpha value is -2.47. The first-order chi connectivity index (χ1) is 10.6. The topological polar surface area (TPSA) is 81.0 Å². The molecule has 1 aromatic carbocycles. The molecule has 1 unspecified atom stereocenters. The molecular weight excluding hydrogens is 284 g/mol. The second-order valence-electron chi connectivity index (χ2n) is 4.97. The first-order valence-electron chi connectivity index (χ1n) is 7.00. The number of ether oxygens (including phenoxy) is 2. The van der Waals surface area contributed by atoms with E-state index in [0.29, 0.717) is 22.5 Å². The van der Waals surface area contributed by atoms with E-state index in [1.54, 1.807) is 25.3 Å². The number of hydrogen-bond acceptors (Lipinski definition) is 6. The Labute approximate surface area is 127 Å². The summed E-state index contributed by atoms with van der Waals surface area (Å²) in [5.41, 5.74) is -0.458. The highest BCUT2D eigenvalue weighted by atomic mass is 16.5. The summed E-state index contributed by atoms with van der Waals surface area (Å²) in [5, 5.41) is 11.7. The van der Waals surface area contributed by atoms with Crippen molar-refractivity contribution in [1.29, 1.82) is 0 Å². The van der Waals surface area contributed by atoms with Crippen LogP contribution in [-0.2, 0) is 15.1 Å². The quantitative estimate of drug-likeness (QED) is 0.878. The van der Waals surface area contributed by atoms with Gasteiger partial charge in [-0.2, -0.15) is 0 Å². The highest BCUT2D eigenvalue weighted by Crippen LogP contribution is 2.46. The fourth-order valence-corrected chi connectivity index (χ4v) is 2.67. The Balaban J connectivity index is 2.32. The zero-order chi connectivity index (χ0) is 15.7. The van der Waals surface area contributed by atoms with Gasteiger partial charge in [-0.25, -0.2) is 4.79 Å². The summed E-state index contributed by atoms with van der Waals surface area (Å²) in [7, 11) is 1.49. The van der Waals surface area contributed by atoms with Gasteiger partial charge in [0.05, 0.1) is 30.5 Å². The SMILES string of the molecule is CCOC(=O)C1(O)CC=Nc2c1c(OC)cc1cccnc21. The van der Waals surface area contributed by atoms with Gasteiger partial charge in [0.2, 0.25) is 0 Å². The minimum Gasteiger partial charge on any atom is -0.496 e. The normalized spacial score (nSPS) is 19.8. The first-order valence-corrected chi connectivity index (χ1v) is 7.00. The number of hydrogen-bond donors (Lipinski definition) is 1. The van der Waals surface area contributed by atoms with Gasteiger partial charge < -0.3 is 14.6 Å². The predicted molar refractivity (Wildman–Crippen MR) is 81.6 cm³/mol. The molecule has 0 bridgehead atoms. The summed E-state index contributed by atoms with van der Waals surface area (Å²) >= 11 is 0. The van der Waals surface area contributed by atoms with Gasteiger partial charge in [-0.05, 0) is 19.1 Å². The lowest BCUT2D eigenvalue weighted by atomic mass is 9.85. The third-order valence-electron chi connectivity index (χ3n) is 3.69. The first kappa shape index (κ1) is 14.5. The molecule has 1 aromatic heterocycles. The fourth-order valence-electron chi connectivity index (χ4n) is 2.67. The molecule has 114 valence electrons. The van der Waals surface area contributed by atoms with E-state index in [-0.39, 0.29) is 13.0 Å². The van der Waals surface area contributed by atoms with Gasteiger partial charge in [0.25, 0.3) is 0 Å². The van der Waals surface area contributed by atoms with Gasteiger partial charge in [0.1, 0.15) is 5.75 Å². The smallest absolute Gasteiger partial charge is 0.343 e. The van der Waals surface area contributed by atoms with Crippen molar-refractivity contribution in [3.63, 3.8) is 0 Å². The lowest BCUT2D eigenvalue weighted by Gasteiger charge is -2.30. The minimum absolute atomic E-state index is 0.0353. The van der Waals surface area contributed by atoms with Crippen LogP contribution in [0.5, 0.6) is 5.75 Å². The number of carbonyl (C=O) groups is 1. The third-order valence-corrected chi connectivity index (χ3v) is 3.69. The summed E-state index contributed by atoms with van der Waals surface area (Å²) in [6.07, 6.45) is 3.18. The number of pyridine rings is 1. The Morgan fingerprint density at radius 3 is 3.05 bits per heavy atom. The molecule has 0 saturated carbocycles. The monoisotopic (exact) mass is 300 g/mol. The van der Waals surface area contributed by atoms with Gasteiger partial charge in [-0.1, -0.05) is 6.07 Å². The van der Waals surface area contributed by atoms with Crippen molar-refractivity contribution in [1.82, 2.24) is 4.98 Å². The number of esters is 1. The van der Waals surface area contributed by atoms with Crippen molar-refractivity contribution in [2.75, 3.05) is 13.7 Å². The molecule has 6 heteroatoms. The van der Waals surface area contributed by atoms with Crippen molar-refractivity contribution >= 4 is 28.8 Å². The number of aliphatic imine (C=N–C) groups is 1. The minimum atomic E-state index is -1.82. The van der Waals surface area contributed by atoms with Crippen LogP contribution < -0.4 is 4.74 Å². The van der Waals surface area contributed by atoms with Crippen LogP contribution in [0.2, 0.25) is 0 Å². The Kier molecular flexibility index (Phi) is 3.54. The summed E-state index contributed by atoms with van der Waals surface area (Å²) in [4.78, 5) is 20.9. The van der Waals surface area contributed by atoms with Crippen molar-refractivity contribution in [3.8, 4) is 5.75 Å². The van der Waals surface area contributed by atoms with Crippen LogP contribution in [0.25, 0.3) is 10.9 Å². The van der Waals surface area contributed by atoms with Crippen molar-refractivity contribution < 1.29 is 19.4 Å². The van der Waals surface area contributed by atoms with Crippen LogP contribution in [0, 0.1) is 0 Å². The lowest BCUT2D eigenvalue weighted by Crippen LogP contribution is -2.39. The van der Waals surface area contributed by atoms with Gasteiger partial charge in [-0.3, -0.25) is 9.98 Å². The van der Waals surface area contributed by atoms with E-state index in [4.69, 9.17) is 9.47 Å². The van der Waals surface area contributed by atoms with E-state index in [1.807, 2.05) is 6.07 Å². The molecule has 0 spiro atoms. The molecule has 2 aromatic rings. The molecule has 0 saturated heterocycles. The lowest BCUT2D eigenvalue weighted by molar-refractivity contribution is -0.165. The number of carbonyl (C=O) groups excluding carboxylic acids is 1. The van der Waals surface area contributed by atoms with Gasteiger partial charge in [0.15, 0.2) is 5.60 Å². The van der Waals surface area contributed by atoms with Crippen molar-refractivity contribution in [3.05, 3.63) is 30.0 Å². The molecule has 22 heavy (non-hydrogen) atoms. The van der Waals surface area contributed by atoms with Gasteiger partial charge in [0, 0.05) is 24.2 Å². The number of fused-ring (bicyclic) bond motifs is 3. The zero-order valence-corrected chi connectivity index (χ0v) is 12.4. The second-order valence-corrected chi connectivity index (χ2v) is 4.97. The van der Waals surface area contributed by atoms with Gasteiger partial charge >= 0.3 is 5.97 Å². The second kappa shape index (κ2) is 5.38. The largest absolute Gasteiger partial charge is 0.496 e. The highest BCUT2D eigenvalue weighted by Gasteiger charge is 2.45. The van der Waals surface area contributed by atoms with Crippen LogP contribution in [0.1, 0.15) is 18.9 Å². The average Bonchev–Trinajstić information content (AvgIpc) is 2.54. The maximum Gasteiger partial charge on any atom is 0.343 e. The Bertz CT molecular complexity index is 772. The van der Waals surface area contributed by atoms with E-state index in [0.717, 1.165) is 5.39 Å². The number of methoxy groups -OCH3 is 1. The Morgan fingerprint density at radius 1 is 1.50 bits per heavy atom. The maximum absolute atomic E-state index is 12.3. The number of aliphatic hydroxyl groups is 1. The van der Waals surface area contributed by atoms with Gasteiger partial charge in [-0.15, -0.1) is 0 Å². The van der Waals surface area contributed by atoms with E-state index in [9.17, 15) is 9.90 Å². The Morgan fingerprint density at radius 2 is 2.32 bits per heavy atom. The number of aromatic nitrogens is 1. The van der Waals surface area contributed by atoms with Crippen LogP contribution in [-0.4, -0.2) is 36.0 Å². The van der Waals surface area contributed by atoms with E-state index in [2.05, 4.69) is 9.98 Å². The van der Waals surface area contributed by atoms with E-state index in [1.165, 1.54) is 13.3 Å². The molecule has 1 aliphatic rings. The highest BCUT2D eigenvalue weighted by molar-refractivity contribution is 6.00. The number of rotatable bonds is 3. The standard InChI is InChI=1S/C16H16N2O4/c1-3-22-15(19)16(20)6-8-18-14-12(16)11(21-2)9-10-5-4-7-17-13(10)14/h4-5,7-9,20H,3,6H2,1-2H3. The van der Waals surface area contributed by atoms with Crippen molar-refractivity contribution in [2.45, 2.75) is 18.9 Å². The third kappa shape index (κ3) is 2.03. The summed E-state index contributed by atoms with van der Waals surface area (Å²) in [6, 6.07) is 5.42. The van der Waals surface area contributed by atoms with Crippen LogP contribution in [0.15, 0.2) is 29.4 Å². The fraction of sp³-hybridized carbons (Fsp3) is 0.312. The molecule has 3 rings (SSSR count). The zero-order valence-electron chi connectivity index (χ0n) is 12.4. The predicted octanol–water partition coefficient (Wildman–Crippen LogP) is 2.10. The van der Waals surface area contributed by atoms with Crippen LogP contribution in [0.4, 0.5) is 5.69 Å². The maximum atomic E-state index is 12.3. The molecule has 1 N–H and O–H groups in total. The van der Waals surface area contributed by atoms with E-state index < -0.39 is 11.6 Å².